The van der Waals surface area contributed by atoms with Crippen LogP contribution in [0.15, 0.2) is 65.7 Å². The molecule has 0 spiro atoms. The zero-order valence-corrected chi connectivity index (χ0v) is 25.3. The van der Waals surface area contributed by atoms with Crippen molar-refractivity contribution in [2.24, 2.45) is 4.99 Å². The first-order valence-electron chi connectivity index (χ1n) is 13.9. The van der Waals surface area contributed by atoms with E-state index in [0.29, 0.717) is 24.0 Å². The van der Waals surface area contributed by atoms with E-state index in [0.717, 1.165) is 22.5 Å². The van der Waals surface area contributed by atoms with Gasteiger partial charge in [0.25, 0.3) is 5.91 Å². The van der Waals surface area contributed by atoms with Gasteiger partial charge in [-0.05, 0) is 55.3 Å². The highest BCUT2D eigenvalue weighted by molar-refractivity contribution is 8.01. The average molecular weight is 564 g/mol. The highest BCUT2D eigenvalue weighted by Gasteiger charge is 2.52. The third kappa shape index (κ3) is 6.86. The van der Waals surface area contributed by atoms with Gasteiger partial charge in [0.1, 0.15) is 17.3 Å². The quantitative estimate of drug-likeness (QED) is 0.275. The van der Waals surface area contributed by atoms with Crippen LogP contribution in [0.5, 0.6) is 5.75 Å². The second-order valence-corrected chi connectivity index (χ2v) is 11.1. The number of carbonyl (C=O) groups excluding carboxylic acids is 1. The number of aryl methyl sites for hydroxylation is 1. The SMILES string of the molecule is COc1cc(/C=C2\N=C3N(C)CC(C)(c4ccc(F)cc4)N3C2=O)ccc1-n1cnc(C)c1.[B][B]B([B])B(B([B])[B])B([B])[B]. The van der Waals surface area contributed by atoms with Crippen LogP contribution in [0.3, 0.4) is 0 Å². The number of nitrogens with zero attached hydrogens (tertiary/aromatic N) is 5. The highest BCUT2D eigenvalue weighted by Crippen LogP contribution is 2.40. The Morgan fingerprint density at radius 1 is 1.09 bits per heavy atom. The molecule has 2 aromatic carbocycles. The summed E-state index contributed by atoms with van der Waals surface area (Å²) in [6.45, 7) is 4.48. The molecule has 1 amide bonds. The summed E-state index contributed by atoms with van der Waals surface area (Å²) < 4.78 is 21.0. The van der Waals surface area contributed by atoms with Crippen LogP contribution in [0.2, 0.25) is 0 Å². The molecule has 0 bridgehead atoms. The number of halogens is 1. The lowest BCUT2D eigenvalue weighted by Gasteiger charge is -2.31. The second-order valence-electron chi connectivity index (χ2n) is 11.1. The molecule has 2 aliphatic rings. The Morgan fingerprint density at radius 2 is 1.75 bits per heavy atom. The number of fused-ring (bicyclic) bond motifs is 1. The van der Waals surface area contributed by atoms with Crippen molar-refractivity contribution in [3.05, 3.63) is 83.3 Å². The predicted octanol–water partition coefficient (Wildman–Crippen LogP) is -0.460. The van der Waals surface area contributed by atoms with Gasteiger partial charge in [-0.1, -0.05) is 18.2 Å². The van der Waals surface area contributed by atoms with Gasteiger partial charge in [-0.3, -0.25) is 9.69 Å². The van der Waals surface area contributed by atoms with Crippen LogP contribution in [-0.2, 0) is 10.3 Å². The number of aromatic nitrogens is 2. The third-order valence-corrected chi connectivity index (χ3v) is 7.74. The monoisotopic (exact) mass is 566 g/mol. The molecule has 0 N–H and O–H groups in total. The molecule has 1 aromatic heterocycles. The van der Waals surface area contributed by atoms with E-state index < -0.39 is 24.7 Å². The van der Waals surface area contributed by atoms with Gasteiger partial charge < -0.3 is 14.2 Å². The fourth-order valence-electron chi connectivity index (χ4n) is 5.44. The lowest BCUT2D eigenvalue weighted by Crippen LogP contribution is -2.63. The molecular formula is C25H24B11FN5O2. The molecule has 1 unspecified atom stereocenters. The van der Waals surface area contributed by atoms with Crippen LogP contribution in [0.1, 0.15) is 23.7 Å². The minimum atomic E-state index is -0.648. The van der Waals surface area contributed by atoms with Gasteiger partial charge in [0, 0.05) is 98.8 Å². The molecule has 13 radical (unpaired) electrons. The topological polar surface area (TPSA) is 63.0 Å². The van der Waals surface area contributed by atoms with Crippen LogP contribution in [-0.4, -0.2) is 131 Å². The van der Waals surface area contributed by atoms with Crippen molar-refractivity contribution in [1.82, 2.24) is 19.4 Å². The molecule has 19 heteroatoms. The number of hydrogen-bond acceptors (Lipinski definition) is 5. The normalized spacial score (nSPS) is 17.9. The Hall–Kier alpha value is -3.23. The molecule has 2 aliphatic heterocycles. The van der Waals surface area contributed by atoms with Crippen molar-refractivity contribution in [1.29, 1.82) is 0 Å². The van der Waals surface area contributed by atoms with E-state index in [-0.39, 0.29) is 18.1 Å². The van der Waals surface area contributed by atoms with Gasteiger partial charge >= 0.3 is 0 Å². The summed E-state index contributed by atoms with van der Waals surface area (Å²) in [7, 11) is 37.0. The number of ether oxygens (including phenoxy) is 1. The van der Waals surface area contributed by atoms with Gasteiger partial charge in [-0.15, -0.1) is 0 Å². The molecule has 3 heterocycles. The zero-order chi connectivity index (χ0) is 32.3. The lowest BCUT2D eigenvalue weighted by molar-refractivity contribution is -0.125. The number of rotatable bonds is 8. The summed E-state index contributed by atoms with van der Waals surface area (Å²) in [5.41, 5.74) is 3.12. The maximum absolute atomic E-state index is 13.5. The number of likely N-dealkylation sites (N-methyl/N-ethyl adjacent to an activating group) is 1. The van der Waals surface area contributed by atoms with E-state index >= 15 is 0 Å². The maximum Gasteiger partial charge on any atom is 0.280 e. The second kappa shape index (κ2) is 13.8. The first-order valence-corrected chi connectivity index (χ1v) is 13.9. The standard InChI is InChI=1S/C25H24FN5O2.B11/c1-16-13-30(15-27-16)21-10-5-17(12-22(21)33-4)11-20-23(32)31-24(28-20)29(3)14-25(31,2)18-6-8-19(26)9-7-18;1-7-10(6)11(8(2)3)9(4)5/h5-13,15H,14H2,1-4H3;/b20-11-;. The van der Waals surface area contributed by atoms with Crippen LogP contribution in [0.4, 0.5) is 4.39 Å². The van der Waals surface area contributed by atoms with E-state index in [1.54, 1.807) is 36.5 Å². The molecule has 44 heavy (non-hydrogen) atoms. The van der Waals surface area contributed by atoms with Gasteiger partial charge in [0.15, 0.2) is 0 Å². The van der Waals surface area contributed by atoms with E-state index in [2.05, 4.69) is 9.98 Å². The van der Waals surface area contributed by atoms with Crippen LogP contribution in [0.25, 0.3) is 11.8 Å². The fourth-order valence-corrected chi connectivity index (χ4v) is 5.44. The molecule has 0 aliphatic carbocycles. The summed E-state index contributed by atoms with van der Waals surface area (Å²) in [5.74, 6) is 0.762. The number of carbonyl (C=O) groups is 1. The smallest absolute Gasteiger partial charge is 0.280 e. The summed E-state index contributed by atoms with van der Waals surface area (Å²) in [4.78, 5) is 26.0. The Labute approximate surface area is 269 Å². The molecule has 0 saturated carbocycles. The van der Waals surface area contributed by atoms with Crippen LogP contribution >= 0.6 is 0 Å². The predicted molar refractivity (Wildman–Crippen MR) is 187 cm³/mol. The summed E-state index contributed by atoms with van der Waals surface area (Å²) >= 11 is 0. The Morgan fingerprint density at radius 3 is 2.27 bits per heavy atom. The summed E-state index contributed by atoms with van der Waals surface area (Å²) in [6, 6.07) is 12.0. The zero-order valence-electron chi connectivity index (χ0n) is 25.3. The van der Waals surface area contributed by atoms with Gasteiger partial charge in [0.05, 0.1) is 30.4 Å². The molecule has 5 rings (SSSR count). The maximum atomic E-state index is 13.5. The van der Waals surface area contributed by atoms with Gasteiger partial charge in [-0.25, -0.2) is 14.4 Å². The minimum Gasteiger partial charge on any atom is -0.495 e. The van der Waals surface area contributed by atoms with E-state index in [4.69, 9.17) is 51.2 Å². The number of methoxy groups -OCH3 is 1. The number of imidazole rings is 1. The summed E-state index contributed by atoms with van der Waals surface area (Å²) in [6.07, 6.45) is 3.27. The molecule has 201 valence electrons. The third-order valence-electron chi connectivity index (χ3n) is 7.74. The Bertz CT molecular complexity index is 1550. The minimum absolute atomic E-state index is 0.186. The van der Waals surface area contributed by atoms with Crippen molar-refractivity contribution in [3.8, 4) is 11.4 Å². The molecule has 3 aromatic rings. The molecule has 1 saturated heterocycles. The van der Waals surface area contributed by atoms with Gasteiger partial charge in [0.2, 0.25) is 5.96 Å². The van der Waals surface area contributed by atoms with Crippen LogP contribution in [0, 0.1) is 12.7 Å². The van der Waals surface area contributed by atoms with Gasteiger partial charge in [-0.2, -0.15) is 0 Å². The number of benzene rings is 2. The van der Waals surface area contributed by atoms with E-state index in [1.165, 1.54) is 19.2 Å². The lowest BCUT2D eigenvalue weighted by atomic mass is 8.56. The van der Waals surface area contributed by atoms with E-state index in [1.807, 2.05) is 54.8 Å². The van der Waals surface area contributed by atoms with Crippen molar-refractivity contribution in [2.45, 2.75) is 19.4 Å². The average Bonchev–Trinajstić information content (AvgIpc) is 3.63. The van der Waals surface area contributed by atoms with Crippen molar-refractivity contribution >= 4 is 97.0 Å². The van der Waals surface area contributed by atoms with E-state index in [9.17, 15) is 9.18 Å². The van der Waals surface area contributed by atoms with Crippen molar-refractivity contribution in [3.63, 3.8) is 0 Å². The number of guanidine groups is 1. The van der Waals surface area contributed by atoms with Crippen LogP contribution < -0.4 is 4.74 Å². The Balaban J connectivity index is 0.000000345. The Kier molecular flexibility index (Phi) is 10.6. The number of aliphatic imine (C=N–C) groups is 1. The fraction of sp³-hybridized carbons (Fsp3) is 0.240. The molecular weight excluding hydrogens is 540 g/mol. The number of amides is 1. The first kappa shape index (κ1) is 33.7. The summed E-state index contributed by atoms with van der Waals surface area (Å²) in [5, 5.41) is 0. The highest BCUT2D eigenvalue weighted by atomic mass is 19.1. The number of hydrogen-bond donors (Lipinski definition) is 0. The molecule has 1 fully saturated rings. The largest absolute Gasteiger partial charge is 0.495 e. The molecule has 1 atom stereocenters. The molecule has 7 nitrogen and oxygen atoms in total. The van der Waals surface area contributed by atoms with Crippen molar-refractivity contribution < 1.29 is 13.9 Å². The van der Waals surface area contributed by atoms with Crippen molar-refractivity contribution in [2.75, 3.05) is 20.7 Å². The first-order chi connectivity index (χ1) is 20.8.